The molecule has 0 atom stereocenters. The molecule has 24 heavy (non-hydrogen) atoms. The Morgan fingerprint density at radius 1 is 1.25 bits per heavy atom. The average molecular weight is 344 g/mol. The van der Waals surface area contributed by atoms with E-state index in [0.717, 1.165) is 24.1 Å². The van der Waals surface area contributed by atoms with Crippen molar-refractivity contribution < 1.29 is 9.59 Å². The highest BCUT2D eigenvalue weighted by atomic mass is 35.5. The molecule has 1 aromatic carbocycles. The highest BCUT2D eigenvalue weighted by Gasteiger charge is 2.20. The molecule has 1 saturated heterocycles. The maximum absolute atomic E-state index is 12.2. The summed E-state index contributed by atoms with van der Waals surface area (Å²) in [5.41, 5.74) is 2.54. The molecule has 1 N–H and O–H groups in total. The quantitative estimate of drug-likeness (QED) is 0.849. The molecule has 0 unspecified atom stereocenters. The third-order valence-electron chi connectivity index (χ3n) is 4.08. The van der Waals surface area contributed by atoms with Gasteiger partial charge in [-0.3, -0.25) is 9.59 Å². The van der Waals surface area contributed by atoms with Crippen LogP contribution in [0, 0.1) is 0 Å². The van der Waals surface area contributed by atoms with Gasteiger partial charge in [-0.15, -0.1) is 0 Å². The van der Waals surface area contributed by atoms with Gasteiger partial charge < -0.3 is 10.2 Å². The maximum Gasteiger partial charge on any atom is 0.251 e. The molecule has 5 nitrogen and oxygen atoms in total. The number of nitrogens with zero attached hydrogens (tertiary/aromatic N) is 2. The Morgan fingerprint density at radius 2 is 2.04 bits per heavy atom. The van der Waals surface area contributed by atoms with Gasteiger partial charge in [0, 0.05) is 37.8 Å². The Kier molecular flexibility index (Phi) is 5.11. The first-order chi connectivity index (χ1) is 11.6. The molecule has 2 heterocycles. The number of carbonyl (C=O) groups is 2. The summed E-state index contributed by atoms with van der Waals surface area (Å²) in [5, 5.41) is 3.18. The van der Waals surface area contributed by atoms with E-state index in [1.165, 1.54) is 12.3 Å². The summed E-state index contributed by atoms with van der Waals surface area (Å²) in [6, 6.07) is 11.0. The largest absolute Gasteiger partial charge is 0.348 e. The van der Waals surface area contributed by atoms with E-state index < -0.39 is 0 Å². The minimum absolute atomic E-state index is 0.195. The highest BCUT2D eigenvalue weighted by Crippen LogP contribution is 2.17. The molecule has 2 amide bonds. The lowest BCUT2D eigenvalue weighted by Gasteiger charge is -2.18. The Labute approximate surface area is 145 Å². The van der Waals surface area contributed by atoms with Crippen molar-refractivity contribution in [2.45, 2.75) is 25.9 Å². The Bertz CT molecular complexity index is 763. The van der Waals surface area contributed by atoms with Crippen LogP contribution >= 0.6 is 11.6 Å². The van der Waals surface area contributed by atoms with E-state index in [0.29, 0.717) is 25.1 Å². The van der Waals surface area contributed by atoms with Gasteiger partial charge in [-0.2, -0.15) is 0 Å². The van der Waals surface area contributed by atoms with E-state index in [2.05, 4.69) is 10.3 Å². The van der Waals surface area contributed by atoms with Crippen LogP contribution in [0.5, 0.6) is 0 Å². The third kappa shape index (κ3) is 3.92. The zero-order valence-corrected chi connectivity index (χ0v) is 13.9. The van der Waals surface area contributed by atoms with Crippen molar-refractivity contribution in [3.63, 3.8) is 0 Å². The number of hydrogen-bond donors (Lipinski definition) is 1. The molecule has 124 valence electrons. The Balaban J connectivity index is 1.67. The SMILES string of the molecule is O=C(NCc1ccccc1CN1CCCC1=O)c1ccnc(Cl)c1. The molecule has 3 rings (SSSR count). The molecule has 1 aliphatic heterocycles. The molecule has 0 radical (unpaired) electrons. The standard InChI is InChI=1S/C18H18ClN3O2/c19-16-10-13(7-8-20-16)18(24)21-11-14-4-1-2-5-15(14)12-22-9-3-6-17(22)23/h1-2,4-5,7-8,10H,3,6,9,11-12H2,(H,21,24). The van der Waals surface area contributed by atoms with Gasteiger partial charge in [0.2, 0.25) is 5.91 Å². The Morgan fingerprint density at radius 3 is 2.75 bits per heavy atom. The second-order valence-electron chi connectivity index (χ2n) is 5.74. The van der Waals surface area contributed by atoms with Gasteiger partial charge in [0.05, 0.1) is 0 Å². The number of pyridine rings is 1. The maximum atomic E-state index is 12.2. The van der Waals surface area contributed by atoms with Crippen LogP contribution in [-0.2, 0) is 17.9 Å². The van der Waals surface area contributed by atoms with Crippen molar-refractivity contribution in [3.05, 3.63) is 64.4 Å². The molecular weight excluding hydrogens is 326 g/mol. The second-order valence-corrected chi connectivity index (χ2v) is 6.12. The number of halogens is 1. The molecule has 0 saturated carbocycles. The number of hydrogen-bond acceptors (Lipinski definition) is 3. The first kappa shape index (κ1) is 16.5. The van der Waals surface area contributed by atoms with Crippen molar-refractivity contribution in [2.75, 3.05) is 6.54 Å². The molecule has 1 fully saturated rings. The first-order valence-electron chi connectivity index (χ1n) is 7.88. The molecule has 6 heteroatoms. The summed E-state index contributed by atoms with van der Waals surface area (Å²) in [6.45, 7) is 1.79. The topological polar surface area (TPSA) is 62.3 Å². The fourth-order valence-corrected chi connectivity index (χ4v) is 2.96. The van der Waals surface area contributed by atoms with Gasteiger partial charge in [0.25, 0.3) is 5.91 Å². The van der Waals surface area contributed by atoms with E-state index in [1.807, 2.05) is 29.2 Å². The smallest absolute Gasteiger partial charge is 0.251 e. The van der Waals surface area contributed by atoms with Gasteiger partial charge in [0.15, 0.2) is 0 Å². The average Bonchev–Trinajstić information content (AvgIpc) is 2.99. The summed E-state index contributed by atoms with van der Waals surface area (Å²) in [6.07, 6.45) is 3.05. The summed E-state index contributed by atoms with van der Waals surface area (Å²) < 4.78 is 0. The molecule has 0 spiro atoms. The molecule has 2 aromatic rings. The predicted molar refractivity (Wildman–Crippen MR) is 91.5 cm³/mol. The van der Waals surface area contributed by atoms with E-state index in [4.69, 9.17) is 11.6 Å². The number of benzene rings is 1. The number of aromatic nitrogens is 1. The summed E-state index contributed by atoms with van der Waals surface area (Å²) >= 11 is 5.81. The van der Waals surface area contributed by atoms with Gasteiger partial charge in [-0.05, 0) is 29.7 Å². The zero-order valence-electron chi connectivity index (χ0n) is 13.2. The van der Waals surface area contributed by atoms with Crippen LogP contribution in [0.15, 0.2) is 42.6 Å². The summed E-state index contributed by atoms with van der Waals surface area (Å²) in [5.74, 6) is -0.00776. The van der Waals surface area contributed by atoms with Crippen LogP contribution in [0.2, 0.25) is 5.15 Å². The Hall–Kier alpha value is -2.40. The number of carbonyl (C=O) groups excluding carboxylic acids is 2. The van der Waals surface area contributed by atoms with E-state index in [9.17, 15) is 9.59 Å². The van der Waals surface area contributed by atoms with Crippen LogP contribution in [0.3, 0.4) is 0 Å². The van der Waals surface area contributed by atoms with Crippen LogP contribution in [0.25, 0.3) is 0 Å². The lowest BCUT2D eigenvalue weighted by atomic mass is 10.1. The van der Waals surface area contributed by atoms with Crippen molar-refractivity contribution in [2.24, 2.45) is 0 Å². The minimum atomic E-state index is -0.202. The lowest BCUT2D eigenvalue weighted by molar-refractivity contribution is -0.128. The summed E-state index contributed by atoms with van der Waals surface area (Å²) in [4.78, 5) is 29.8. The van der Waals surface area contributed by atoms with Crippen molar-refractivity contribution in [3.8, 4) is 0 Å². The van der Waals surface area contributed by atoms with Gasteiger partial charge in [-0.1, -0.05) is 35.9 Å². The van der Waals surface area contributed by atoms with E-state index in [-0.39, 0.29) is 17.0 Å². The van der Waals surface area contributed by atoms with Gasteiger partial charge in [0.1, 0.15) is 5.15 Å². The van der Waals surface area contributed by atoms with Crippen molar-refractivity contribution >= 4 is 23.4 Å². The zero-order chi connectivity index (χ0) is 16.9. The van der Waals surface area contributed by atoms with Crippen molar-refractivity contribution in [1.82, 2.24) is 15.2 Å². The molecular formula is C18H18ClN3O2. The highest BCUT2D eigenvalue weighted by molar-refractivity contribution is 6.29. The number of amides is 2. The first-order valence-corrected chi connectivity index (χ1v) is 8.25. The fraction of sp³-hybridized carbons (Fsp3) is 0.278. The second kappa shape index (κ2) is 7.45. The number of rotatable bonds is 5. The number of nitrogens with one attached hydrogen (secondary N) is 1. The lowest BCUT2D eigenvalue weighted by Crippen LogP contribution is -2.26. The van der Waals surface area contributed by atoms with Crippen LogP contribution in [0.4, 0.5) is 0 Å². The van der Waals surface area contributed by atoms with E-state index >= 15 is 0 Å². The predicted octanol–water partition coefficient (Wildman–Crippen LogP) is 2.79. The summed E-state index contributed by atoms with van der Waals surface area (Å²) in [7, 11) is 0. The molecule has 0 aliphatic carbocycles. The molecule has 1 aromatic heterocycles. The third-order valence-corrected chi connectivity index (χ3v) is 4.29. The molecule has 0 bridgehead atoms. The normalized spacial score (nSPS) is 14.0. The fourth-order valence-electron chi connectivity index (χ4n) is 2.78. The minimum Gasteiger partial charge on any atom is -0.348 e. The van der Waals surface area contributed by atoms with Crippen LogP contribution in [-0.4, -0.2) is 28.2 Å². The van der Waals surface area contributed by atoms with Crippen LogP contribution in [0.1, 0.15) is 34.3 Å². The van der Waals surface area contributed by atoms with Crippen molar-refractivity contribution in [1.29, 1.82) is 0 Å². The monoisotopic (exact) mass is 343 g/mol. The molecule has 1 aliphatic rings. The number of likely N-dealkylation sites (tertiary alicyclic amines) is 1. The van der Waals surface area contributed by atoms with Gasteiger partial charge >= 0.3 is 0 Å². The van der Waals surface area contributed by atoms with Crippen LogP contribution < -0.4 is 5.32 Å². The van der Waals surface area contributed by atoms with Gasteiger partial charge in [-0.25, -0.2) is 4.98 Å². The van der Waals surface area contributed by atoms with E-state index in [1.54, 1.807) is 6.07 Å².